The molecule has 0 aromatic carbocycles. The Morgan fingerprint density at radius 2 is 0.935 bits per heavy atom. The monoisotopic (exact) mass is 434 g/mol. The molecule has 0 nitrogen and oxygen atoms in total. The van der Waals surface area contributed by atoms with Crippen LogP contribution in [-0.4, -0.2) is 0 Å². The summed E-state index contributed by atoms with van der Waals surface area (Å²) in [5, 5.41) is 0. The van der Waals surface area contributed by atoms with Crippen LogP contribution in [0.1, 0.15) is 182 Å². The zero-order valence-electron chi connectivity index (χ0n) is 22.6. The average molecular weight is 435 g/mol. The van der Waals surface area contributed by atoms with Gasteiger partial charge in [-0.25, -0.2) is 0 Å². The van der Waals surface area contributed by atoms with Gasteiger partial charge in [0.05, 0.1) is 0 Å². The molecule has 0 heteroatoms. The van der Waals surface area contributed by atoms with Crippen molar-refractivity contribution < 1.29 is 0 Å². The van der Waals surface area contributed by atoms with E-state index in [9.17, 15) is 0 Å². The topological polar surface area (TPSA) is 0 Å². The van der Waals surface area contributed by atoms with Gasteiger partial charge in [-0.15, -0.1) is 0 Å². The molecule has 1 saturated carbocycles. The van der Waals surface area contributed by atoms with E-state index in [0.29, 0.717) is 5.41 Å². The lowest BCUT2D eigenvalue weighted by Gasteiger charge is -2.30. The average Bonchev–Trinajstić information content (AvgIpc) is 2.77. The zero-order chi connectivity index (χ0) is 22.6. The number of rotatable bonds is 11. The summed E-state index contributed by atoms with van der Waals surface area (Å²) in [5.74, 6) is 2.07. The maximum absolute atomic E-state index is 2.58. The maximum atomic E-state index is 2.58. The van der Waals surface area contributed by atoms with Crippen LogP contribution in [0.15, 0.2) is 0 Å². The van der Waals surface area contributed by atoms with Crippen LogP contribution in [0.5, 0.6) is 0 Å². The van der Waals surface area contributed by atoms with Crippen LogP contribution in [0.25, 0.3) is 0 Å². The molecule has 1 rings (SSSR count). The van der Waals surface area contributed by atoms with Gasteiger partial charge in [-0.1, -0.05) is 169 Å². The second-order valence-corrected chi connectivity index (χ2v) is 11.6. The molecule has 3 unspecified atom stereocenters. The molecule has 0 aliphatic heterocycles. The van der Waals surface area contributed by atoms with E-state index in [1.165, 1.54) is 154 Å². The fourth-order valence-corrected chi connectivity index (χ4v) is 6.18. The summed E-state index contributed by atoms with van der Waals surface area (Å²) < 4.78 is 0. The van der Waals surface area contributed by atoms with Crippen molar-refractivity contribution in [2.75, 3.05) is 0 Å². The Morgan fingerprint density at radius 1 is 0.516 bits per heavy atom. The van der Waals surface area contributed by atoms with E-state index in [2.05, 4.69) is 27.7 Å². The maximum Gasteiger partial charge on any atom is -0.0328 e. The summed E-state index contributed by atoms with van der Waals surface area (Å²) in [6, 6.07) is 0. The molecule has 3 atom stereocenters. The standard InChI is InChI=1S/C31H62/c1-5-8-10-13-18-24-30-26-20-16-22-28-31(4,7-3)27-21-15-12-11-14-19-25-29(30)23-17-9-6-2/h29-30H,5-28H2,1-4H3. The molecule has 0 radical (unpaired) electrons. The highest BCUT2D eigenvalue weighted by Gasteiger charge is 2.23. The van der Waals surface area contributed by atoms with Gasteiger partial charge in [-0.3, -0.25) is 0 Å². The van der Waals surface area contributed by atoms with Crippen LogP contribution in [-0.2, 0) is 0 Å². The molecule has 0 bridgehead atoms. The Hall–Kier alpha value is 0. The summed E-state index contributed by atoms with van der Waals surface area (Å²) in [7, 11) is 0. The molecule has 1 fully saturated rings. The Bertz CT molecular complexity index is 372. The molecule has 1 aliphatic carbocycles. The van der Waals surface area contributed by atoms with Crippen LogP contribution < -0.4 is 0 Å². The smallest absolute Gasteiger partial charge is 0.0328 e. The van der Waals surface area contributed by atoms with E-state index >= 15 is 0 Å². The number of hydrogen-bond acceptors (Lipinski definition) is 0. The molecule has 0 spiro atoms. The quantitative estimate of drug-likeness (QED) is 0.283. The normalized spacial score (nSPS) is 27.9. The van der Waals surface area contributed by atoms with Crippen molar-refractivity contribution in [2.24, 2.45) is 17.3 Å². The molecule has 31 heavy (non-hydrogen) atoms. The van der Waals surface area contributed by atoms with Crippen LogP contribution in [0.3, 0.4) is 0 Å². The van der Waals surface area contributed by atoms with Crippen molar-refractivity contribution in [1.82, 2.24) is 0 Å². The number of hydrogen-bond donors (Lipinski definition) is 0. The van der Waals surface area contributed by atoms with Crippen molar-refractivity contribution >= 4 is 0 Å². The van der Waals surface area contributed by atoms with Crippen LogP contribution >= 0.6 is 0 Å². The second-order valence-electron chi connectivity index (χ2n) is 11.6. The van der Waals surface area contributed by atoms with E-state index in [0.717, 1.165) is 11.8 Å². The van der Waals surface area contributed by atoms with E-state index in [1.54, 1.807) is 0 Å². The molecule has 0 amide bonds. The van der Waals surface area contributed by atoms with Crippen LogP contribution in [0.2, 0.25) is 0 Å². The molecular weight excluding hydrogens is 372 g/mol. The summed E-state index contributed by atoms with van der Waals surface area (Å²) in [4.78, 5) is 0. The molecule has 186 valence electrons. The third-order valence-corrected chi connectivity index (χ3v) is 8.84. The first-order valence-corrected chi connectivity index (χ1v) is 15.1. The van der Waals surface area contributed by atoms with Gasteiger partial charge in [0.1, 0.15) is 0 Å². The minimum Gasteiger partial charge on any atom is -0.0654 e. The lowest BCUT2D eigenvalue weighted by Crippen LogP contribution is -2.17. The van der Waals surface area contributed by atoms with E-state index in [-0.39, 0.29) is 0 Å². The largest absolute Gasteiger partial charge is 0.0654 e. The van der Waals surface area contributed by atoms with Gasteiger partial charge < -0.3 is 0 Å². The van der Waals surface area contributed by atoms with E-state index in [1.807, 2.05) is 0 Å². The summed E-state index contributed by atoms with van der Waals surface area (Å²) in [5.41, 5.74) is 0.623. The fourth-order valence-electron chi connectivity index (χ4n) is 6.18. The first-order valence-electron chi connectivity index (χ1n) is 15.1. The van der Waals surface area contributed by atoms with E-state index in [4.69, 9.17) is 0 Å². The van der Waals surface area contributed by atoms with Gasteiger partial charge in [-0.2, -0.15) is 0 Å². The Kier molecular flexibility index (Phi) is 18.2. The summed E-state index contributed by atoms with van der Waals surface area (Å²) in [6.45, 7) is 9.73. The molecule has 1 aliphatic rings. The van der Waals surface area contributed by atoms with Gasteiger partial charge in [0.2, 0.25) is 0 Å². The first-order chi connectivity index (χ1) is 15.1. The first kappa shape index (κ1) is 29.0. The lowest BCUT2D eigenvalue weighted by molar-refractivity contribution is 0.222. The minimum absolute atomic E-state index is 0.623. The molecule has 0 saturated heterocycles. The Balaban J connectivity index is 2.66. The molecule has 0 N–H and O–H groups in total. The van der Waals surface area contributed by atoms with Gasteiger partial charge in [0.15, 0.2) is 0 Å². The second kappa shape index (κ2) is 19.5. The fraction of sp³-hybridized carbons (Fsp3) is 1.00. The number of unbranched alkanes of at least 4 members (excludes halogenated alkanes) is 6. The third kappa shape index (κ3) is 14.7. The van der Waals surface area contributed by atoms with Crippen molar-refractivity contribution in [3.8, 4) is 0 Å². The minimum atomic E-state index is 0.623. The molecular formula is C31H62. The lowest BCUT2D eigenvalue weighted by atomic mass is 9.76. The van der Waals surface area contributed by atoms with Crippen molar-refractivity contribution in [3.05, 3.63) is 0 Å². The molecule has 0 heterocycles. The van der Waals surface area contributed by atoms with Crippen molar-refractivity contribution in [2.45, 2.75) is 182 Å². The highest BCUT2D eigenvalue weighted by Crippen LogP contribution is 2.37. The van der Waals surface area contributed by atoms with Gasteiger partial charge >= 0.3 is 0 Å². The Labute approximate surface area is 199 Å². The van der Waals surface area contributed by atoms with Crippen molar-refractivity contribution in [1.29, 1.82) is 0 Å². The zero-order valence-corrected chi connectivity index (χ0v) is 22.6. The summed E-state index contributed by atoms with van der Waals surface area (Å²) >= 11 is 0. The van der Waals surface area contributed by atoms with Gasteiger partial charge in [0.25, 0.3) is 0 Å². The van der Waals surface area contributed by atoms with Crippen LogP contribution in [0, 0.1) is 17.3 Å². The SMILES string of the molecule is CCCCCCCC1CCCCCC(C)(CC)CCCCCCCCC1CCCCC. The third-order valence-electron chi connectivity index (χ3n) is 8.84. The van der Waals surface area contributed by atoms with Crippen molar-refractivity contribution in [3.63, 3.8) is 0 Å². The Morgan fingerprint density at radius 3 is 1.48 bits per heavy atom. The predicted octanol–water partition coefficient (Wildman–Crippen LogP) is 11.7. The summed E-state index contributed by atoms with van der Waals surface area (Å²) in [6.07, 6.45) is 35.5. The highest BCUT2D eigenvalue weighted by atomic mass is 14.3. The van der Waals surface area contributed by atoms with Gasteiger partial charge in [0, 0.05) is 0 Å². The molecule has 0 aromatic rings. The van der Waals surface area contributed by atoms with Gasteiger partial charge in [-0.05, 0) is 30.1 Å². The predicted molar refractivity (Wildman–Crippen MR) is 143 cm³/mol. The van der Waals surface area contributed by atoms with E-state index < -0.39 is 0 Å². The van der Waals surface area contributed by atoms with Crippen LogP contribution in [0.4, 0.5) is 0 Å². The molecule has 0 aromatic heterocycles. The highest BCUT2D eigenvalue weighted by molar-refractivity contribution is 4.75.